The van der Waals surface area contributed by atoms with E-state index < -0.39 is 0 Å². The first-order chi connectivity index (χ1) is 11.7. The number of rotatable bonds is 2. The summed E-state index contributed by atoms with van der Waals surface area (Å²) in [6.45, 7) is 4.37. The van der Waals surface area contributed by atoms with E-state index in [-0.39, 0.29) is 0 Å². The lowest BCUT2D eigenvalue weighted by molar-refractivity contribution is 0.419. The molecule has 0 N–H and O–H groups in total. The summed E-state index contributed by atoms with van der Waals surface area (Å²) >= 11 is 0. The molecule has 24 heavy (non-hydrogen) atoms. The SMILES string of the molecule is Cc1ccc(-c2ccc(C)c3c2=CC(=CC2CCCCC2)C=3)cc1. The fourth-order valence-electron chi connectivity index (χ4n) is 4.12. The third-order valence-electron chi connectivity index (χ3n) is 5.57. The molecule has 0 amide bonds. The van der Waals surface area contributed by atoms with Crippen LogP contribution < -0.4 is 10.4 Å². The van der Waals surface area contributed by atoms with E-state index in [4.69, 9.17) is 0 Å². The monoisotopic (exact) mass is 314 g/mol. The second-order valence-electron chi connectivity index (χ2n) is 7.48. The summed E-state index contributed by atoms with van der Waals surface area (Å²) in [6, 6.07) is 13.5. The Balaban J connectivity index is 1.79. The molecule has 2 aliphatic rings. The molecule has 0 unspecified atom stereocenters. The average Bonchev–Trinajstić information content (AvgIpc) is 3.02. The van der Waals surface area contributed by atoms with E-state index >= 15 is 0 Å². The number of aryl methyl sites for hydroxylation is 2. The molecule has 0 heteroatoms. The van der Waals surface area contributed by atoms with Crippen LogP contribution in [-0.2, 0) is 0 Å². The molecule has 0 aromatic heterocycles. The lowest BCUT2D eigenvalue weighted by atomic mass is 9.88. The summed E-state index contributed by atoms with van der Waals surface area (Å²) in [5, 5.41) is 2.82. The third-order valence-corrected chi connectivity index (χ3v) is 5.57. The zero-order valence-electron chi connectivity index (χ0n) is 14.8. The Hall–Kier alpha value is -2.08. The summed E-state index contributed by atoms with van der Waals surface area (Å²) in [4.78, 5) is 0. The van der Waals surface area contributed by atoms with Gasteiger partial charge in [0.05, 0.1) is 0 Å². The molecule has 0 nitrogen and oxygen atoms in total. The molecule has 2 aromatic carbocycles. The summed E-state index contributed by atoms with van der Waals surface area (Å²) in [5.41, 5.74) is 6.79. The molecular weight excluding hydrogens is 288 g/mol. The minimum absolute atomic E-state index is 0.777. The number of allylic oxidation sites excluding steroid dienone is 2. The molecule has 2 aromatic rings. The highest BCUT2D eigenvalue weighted by atomic mass is 14.2. The van der Waals surface area contributed by atoms with E-state index in [1.165, 1.54) is 70.4 Å². The van der Waals surface area contributed by atoms with Crippen LogP contribution in [0.1, 0.15) is 43.2 Å². The maximum Gasteiger partial charge on any atom is -0.00967 e. The number of fused-ring (bicyclic) bond motifs is 1. The Labute approximate surface area is 145 Å². The molecule has 2 aliphatic carbocycles. The predicted molar refractivity (Wildman–Crippen MR) is 104 cm³/mol. The van der Waals surface area contributed by atoms with Crippen molar-refractivity contribution in [3.63, 3.8) is 0 Å². The predicted octanol–water partition coefficient (Wildman–Crippen LogP) is 5.05. The Morgan fingerprint density at radius 1 is 0.792 bits per heavy atom. The topological polar surface area (TPSA) is 0 Å². The van der Waals surface area contributed by atoms with Crippen molar-refractivity contribution in [2.45, 2.75) is 46.0 Å². The van der Waals surface area contributed by atoms with Crippen molar-refractivity contribution in [1.29, 1.82) is 0 Å². The van der Waals surface area contributed by atoms with Crippen LogP contribution in [0, 0.1) is 19.8 Å². The summed E-state index contributed by atoms with van der Waals surface area (Å²) in [7, 11) is 0. The van der Waals surface area contributed by atoms with Crippen LogP contribution in [0.3, 0.4) is 0 Å². The molecule has 0 atom stereocenters. The standard InChI is InChI=1S/C24H26/c1-17-8-11-21(12-9-17)22-13-10-18(2)23-15-20(16-24(22)23)14-19-6-4-3-5-7-19/h8-16,19H,3-7H2,1-2H3. The summed E-state index contributed by atoms with van der Waals surface area (Å²) < 4.78 is 0. The first-order valence-corrected chi connectivity index (χ1v) is 9.33. The lowest BCUT2D eigenvalue weighted by Crippen LogP contribution is -2.26. The van der Waals surface area contributed by atoms with Crippen LogP contribution in [0.15, 0.2) is 48.0 Å². The smallest absolute Gasteiger partial charge is 0.00967 e. The van der Waals surface area contributed by atoms with E-state index in [0.29, 0.717) is 0 Å². The van der Waals surface area contributed by atoms with Crippen molar-refractivity contribution in [3.8, 4) is 11.1 Å². The number of hydrogen-bond donors (Lipinski definition) is 0. The van der Waals surface area contributed by atoms with Crippen molar-refractivity contribution in [2.24, 2.45) is 5.92 Å². The minimum Gasteiger partial charge on any atom is -0.0741 e. The molecular formula is C24H26. The Kier molecular flexibility index (Phi) is 4.14. The largest absolute Gasteiger partial charge is 0.0741 e. The minimum atomic E-state index is 0.777. The Morgan fingerprint density at radius 3 is 2.25 bits per heavy atom. The molecule has 0 bridgehead atoms. The maximum atomic E-state index is 2.53. The van der Waals surface area contributed by atoms with Crippen LogP contribution in [0.5, 0.6) is 0 Å². The fraction of sp³-hybridized carbons (Fsp3) is 0.333. The zero-order valence-corrected chi connectivity index (χ0v) is 14.8. The second kappa shape index (κ2) is 6.43. The van der Waals surface area contributed by atoms with Gasteiger partial charge in [-0.05, 0) is 77.5 Å². The maximum absolute atomic E-state index is 2.53. The zero-order chi connectivity index (χ0) is 16.5. The molecule has 1 saturated carbocycles. The van der Waals surface area contributed by atoms with Crippen molar-refractivity contribution in [2.75, 3.05) is 0 Å². The molecule has 1 fully saturated rings. The van der Waals surface area contributed by atoms with Gasteiger partial charge < -0.3 is 0 Å². The highest BCUT2D eigenvalue weighted by Gasteiger charge is 2.13. The van der Waals surface area contributed by atoms with Gasteiger partial charge in [0.25, 0.3) is 0 Å². The van der Waals surface area contributed by atoms with Gasteiger partial charge in [-0.2, -0.15) is 0 Å². The quantitative estimate of drug-likeness (QED) is 0.727. The lowest BCUT2D eigenvalue weighted by Gasteiger charge is -2.18. The van der Waals surface area contributed by atoms with Crippen LogP contribution >= 0.6 is 0 Å². The number of hydrogen-bond acceptors (Lipinski definition) is 0. The van der Waals surface area contributed by atoms with Crippen LogP contribution in [0.25, 0.3) is 23.3 Å². The van der Waals surface area contributed by atoms with Gasteiger partial charge in [0.2, 0.25) is 0 Å². The van der Waals surface area contributed by atoms with E-state index in [1.54, 1.807) is 0 Å². The average molecular weight is 314 g/mol. The fourth-order valence-corrected chi connectivity index (χ4v) is 4.12. The molecule has 4 rings (SSSR count). The highest BCUT2D eigenvalue weighted by Crippen LogP contribution is 2.27. The second-order valence-corrected chi connectivity index (χ2v) is 7.48. The van der Waals surface area contributed by atoms with Gasteiger partial charge in [-0.15, -0.1) is 0 Å². The van der Waals surface area contributed by atoms with Gasteiger partial charge in [-0.1, -0.05) is 67.3 Å². The van der Waals surface area contributed by atoms with E-state index in [0.717, 1.165) is 5.92 Å². The first kappa shape index (κ1) is 15.4. The summed E-state index contributed by atoms with van der Waals surface area (Å²) in [6.07, 6.45) is 14.3. The van der Waals surface area contributed by atoms with Gasteiger partial charge in [0, 0.05) is 0 Å². The molecule has 0 heterocycles. The third kappa shape index (κ3) is 2.98. The Bertz CT molecular complexity index is 888. The highest BCUT2D eigenvalue weighted by molar-refractivity contribution is 5.78. The van der Waals surface area contributed by atoms with E-state index in [1.807, 2.05) is 0 Å². The van der Waals surface area contributed by atoms with Crippen LogP contribution in [0.2, 0.25) is 0 Å². The molecule has 122 valence electrons. The van der Waals surface area contributed by atoms with Gasteiger partial charge in [0.1, 0.15) is 0 Å². The van der Waals surface area contributed by atoms with Crippen molar-refractivity contribution < 1.29 is 0 Å². The van der Waals surface area contributed by atoms with Crippen molar-refractivity contribution in [1.82, 2.24) is 0 Å². The van der Waals surface area contributed by atoms with Crippen molar-refractivity contribution in [3.05, 3.63) is 69.6 Å². The molecule has 0 spiro atoms. The summed E-state index contributed by atoms with van der Waals surface area (Å²) in [5.74, 6) is 0.777. The Morgan fingerprint density at radius 2 is 1.50 bits per heavy atom. The van der Waals surface area contributed by atoms with E-state index in [2.05, 4.69) is 68.5 Å². The normalized spacial score (nSPS) is 19.0. The van der Waals surface area contributed by atoms with Gasteiger partial charge in [-0.3, -0.25) is 0 Å². The van der Waals surface area contributed by atoms with Gasteiger partial charge >= 0.3 is 0 Å². The number of benzene rings is 2. The van der Waals surface area contributed by atoms with Crippen LogP contribution in [0.4, 0.5) is 0 Å². The molecule has 0 aliphatic heterocycles. The van der Waals surface area contributed by atoms with Gasteiger partial charge in [-0.25, -0.2) is 0 Å². The first-order valence-electron chi connectivity index (χ1n) is 9.33. The van der Waals surface area contributed by atoms with Gasteiger partial charge in [0.15, 0.2) is 0 Å². The molecule has 0 radical (unpaired) electrons. The molecule has 0 saturated heterocycles. The van der Waals surface area contributed by atoms with E-state index in [9.17, 15) is 0 Å². The van der Waals surface area contributed by atoms with Crippen molar-refractivity contribution >= 4 is 12.2 Å². The van der Waals surface area contributed by atoms with Crippen LogP contribution in [-0.4, -0.2) is 0 Å².